The van der Waals surface area contributed by atoms with E-state index in [0.29, 0.717) is 16.5 Å². The van der Waals surface area contributed by atoms with Crippen molar-refractivity contribution in [3.05, 3.63) is 45.7 Å². The van der Waals surface area contributed by atoms with Crippen molar-refractivity contribution >= 4 is 50.0 Å². The second kappa shape index (κ2) is 7.43. The average Bonchev–Trinajstić information content (AvgIpc) is 3.24. The number of benzene rings is 1. The van der Waals surface area contributed by atoms with Crippen LogP contribution in [0.4, 0.5) is 5.69 Å². The first-order chi connectivity index (χ1) is 12.6. The van der Waals surface area contributed by atoms with Gasteiger partial charge in [-0.1, -0.05) is 32.4 Å². The van der Waals surface area contributed by atoms with E-state index in [9.17, 15) is 8.42 Å². The number of hydrogen-bond acceptors (Lipinski definition) is 6. The molecule has 0 fully saturated rings. The molecule has 1 N–H and O–H groups in total. The first-order valence-corrected chi connectivity index (χ1v) is 11.6. The Morgan fingerprint density at radius 3 is 2.52 bits per heavy atom. The van der Waals surface area contributed by atoms with Crippen LogP contribution in [0.15, 0.2) is 39.2 Å². The molecule has 3 rings (SSSR count). The van der Waals surface area contributed by atoms with Gasteiger partial charge >= 0.3 is 0 Å². The van der Waals surface area contributed by atoms with Gasteiger partial charge in [0, 0.05) is 26.8 Å². The van der Waals surface area contributed by atoms with Crippen LogP contribution in [0.2, 0.25) is 5.02 Å². The van der Waals surface area contributed by atoms with Gasteiger partial charge in [0.25, 0.3) is 10.0 Å². The summed E-state index contributed by atoms with van der Waals surface area (Å²) in [4.78, 5) is 4.64. The van der Waals surface area contributed by atoms with Gasteiger partial charge in [0.1, 0.15) is 15.0 Å². The second-order valence-corrected chi connectivity index (χ2v) is 11.0. The molecule has 0 atom stereocenters. The monoisotopic (exact) mass is 442 g/mol. The minimum absolute atomic E-state index is 0.0512. The van der Waals surface area contributed by atoms with Gasteiger partial charge in [-0.3, -0.25) is 4.72 Å². The van der Waals surface area contributed by atoms with E-state index in [1.165, 1.54) is 24.5 Å². The number of sulfonamides is 1. The summed E-state index contributed by atoms with van der Waals surface area (Å²) in [6.45, 7) is 6.28. The fourth-order valence-electron chi connectivity index (χ4n) is 2.28. The van der Waals surface area contributed by atoms with Gasteiger partial charge in [0.05, 0.1) is 18.5 Å². The number of nitrogens with one attached hydrogen (secondary N) is 1. The van der Waals surface area contributed by atoms with Crippen LogP contribution in [0.3, 0.4) is 0 Å². The summed E-state index contributed by atoms with van der Waals surface area (Å²) in [5.74, 6) is 0.398. The molecule has 0 saturated carbocycles. The summed E-state index contributed by atoms with van der Waals surface area (Å²) >= 11 is 8.63. The SMILES string of the molecule is COc1ccc(Cl)cc1NS(=O)(=O)c1cc(-c2nc(C(C)(C)C)cs2)cs1. The minimum atomic E-state index is -3.76. The van der Waals surface area contributed by atoms with Crippen molar-refractivity contribution in [2.75, 3.05) is 11.8 Å². The Morgan fingerprint density at radius 2 is 1.89 bits per heavy atom. The van der Waals surface area contributed by atoms with Crippen molar-refractivity contribution in [1.29, 1.82) is 0 Å². The largest absolute Gasteiger partial charge is 0.495 e. The van der Waals surface area contributed by atoms with Crippen molar-refractivity contribution in [2.45, 2.75) is 30.4 Å². The lowest BCUT2D eigenvalue weighted by atomic mass is 9.93. The molecule has 27 heavy (non-hydrogen) atoms. The normalized spacial score (nSPS) is 12.2. The van der Waals surface area contributed by atoms with Crippen LogP contribution >= 0.6 is 34.3 Å². The molecule has 3 aromatic rings. The molecule has 144 valence electrons. The van der Waals surface area contributed by atoms with Crippen molar-refractivity contribution < 1.29 is 13.2 Å². The third-order valence-corrected chi connectivity index (χ3v) is 7.70. The van der Waals surface area contributed by atoms with Gasteiger partial charge in [-0.05, 0) is 24.3 Å². The summed E-state index contributed by atoms with van der Waals surface area (Å²) < 4.78 is 33.5. The number of aromatic nitrogens is 1. The molecular weight excluding hydrogens is 424 g/mol. The Hall–Kier alpha value is -1.61. The molecule has 2 heterocycles. The molecule has 0 aliphatic carbocycles. The predicted molar refractivity (Wildman–Crippen MR) is 113 cm³/mol. The second-order valence-electron chi connectivity index (χ2n) is 6.89. The number of methoxy groups -OCH3 is 1. The van der Waals surface area contributed by atoms with E-state index in [-0.39, 0.29) is 9.62 Å². The zero-order valence-electron chi connectivity index (χ0n) is 15.2. The number of thiazole rings is 1. The molecule has 0 aliphatic rings. The van der Waals surface area contributed by atoms with E-state index in [1.807, 2.05) is 5.38 Å². The lowest BCUT2D eigenvalue weighted by molar-refractivity contribution is 0.417. The summed E-state index contributed by atoms with van der Waals surface area (Å²) in [5, 5.41) is 5.03. The molecule has 9 heteroatoms. The Labute approximate surface area is 172 Å². The molecular formula is C18H19ClN2O3S3. The van der Waals surface area contributed by atoms with Crippen LogP contribution in [-0.2, 0) is 15.4 Å². The van der Waals surface area contributed by atoms with E-state index in [4.69, 9.17) is 16.3 Å². The van der Waals surface area contributed by atoms with E-state index in [2.05, 4.69) is 30.5 Å². The van der Waals surface area contributed by atoms with Gasteiger partial charge in [0.15, 0.2) is 0 Å². The fraction of sp³-hybridized carbons (Fsp3) is 0.278. The van der Waals surface area contributed by atoms with E-state index in [1.54, 1.807) is 23.6 Å². The highest BCUT2D eigenvalue weighted by atomic mass is 35.5. The highest BCUT2D eigenvalue weighted by Crippen LogP contribution is 2.35. The zero-order valence-corrected chi connectivity index (χ0v) is 18.4. The molecule has 0 saturated heterocycles. The van der Waals surface area contributed by atoms with E-state index in [0.717, 1.165) is 27.6 Å². The van der Waals surface area contributed by atoms with Crippen molar-refractivity contribution in [2.24, 2.45) is 0 Å². The van der Waals surface area contributed by atoms with Crippen LogP contribution in [0.25, 0.3) is 10.6 Å². The topological polar surface area (TPSA) is 68.3 Å². The molecule has 0 bridgehead atoms. The smallest absolute Gasteiger partial charge is 0.271 e. The predicted octanol–water partition coefficient (Wildman–Crippen LogP) is 5.63. The Bertz CT molecular complexity index is 1070. The molecule has 0 radical (unpaired) electrons. The van der Waals surface area contributed by atoms with Crippen molar-refractivity contribution in [1.82, 2.24) is 4.98 Å². The molecule has 0 amide bonds. The fourth-order valence-corrected chi connectivity index (χ4v) is 5.78. The standard InChI is InChI=1S/C18H19ClN2O3S3/c1-18(2,3)15-10-26-17(20-15)11-7-16(25-9-11)27(22,23)21-13-8-12(19)5-6-14(13)24-4/h5-10,21H,1-4H3. The minimum Gasteiger partial charge on any atom is -0.495 e. The van der Waals surface area contributed by atoms with Crippen molar-refractivity contribution in [3.63, 3.8) is 0 Å². The Kier molecular flexibility index (Phi) is 5.54. The van der Waals surface area contributed by atoms with Crippen LogP contribution < -0.4 is 9.46 Å². The van der Waals surface area contributed by atoms with Crippen LogP contribution in [0, 0.1) is 0 Å². The summed E-state index contributed by atoms with van der Waals surface area (Å²) in [6.07, 6.45) is 0. The third kappa shape index (κ3) is 4.45. The van der Waals surface area contributed by atoms with Gasteiger partial charge in [-0.15, -0.1) is 22.7 Å². The van der Waals surface area contributed by atoms with Crippen LogP contribution in [-0.4, -0.2) is 20.5 Å². The van der Waals surface area contributed by atoms with Gasteiger partial charge in [-0.25, -0.2) is 13.4 Å². The number of nitrogens with zero attached hydrogens (tertiary/aromatic N) is 1. The maximum absolute atomic E-state index is 12.8. The molecule has 5 nitrogen and oxygen atoms in total. The number of ether oxygens (including phenoxy) is 1. The lowest BCUT2D eigenvalue weighted by Crippen LogP contribution is -2.12. The average molecular weight is 443 g/mol. The third-order valence-electron chi connectivity index (χ3n) is 3.77. The Balaban J connectivity index is 1.89. The van der Waals surface area contributed by atoms with Crippen LogP contribution in [0.1, 0.15) is 26.5 Å². The number of hydrogen-bond donors (Lipinski definition) is 1. The van der Waals surface area contributed by atoms with E-state index >= 15 is 0 Å². The van der Waals surface area contributed by atoms with Gasteiger partial charge in [-0.2, -0.15) is 0 Å². The van der Waals surface area contributed by atoms with Crippen LogP contribution in [0.5, 0.6) is 5.75 Å². The number of rotatable bonds is 5. The molecule has 1 aromatic carbocycles. The molecule has 0 unspecified atom stereocenters. The lowest BCUT2D eigenvalue weighted by Gasteiger charge is -2.14. The quantitative estimate of drug-likeness (QED) is 0.555. The Morgan fingerprint density at radius 1 is 1.15 bits per heavy atom. The highest BCUT2D eigenvalue weighted by Gasteiger charge is 2.22. The highest BCUT2D eigenvalue weighted by molar-refractivity contribution is 7.94. The first kappa shape index (κ1) is 20.1. The maximum atomic E-state index is 12.8. The number of halogens is 1. The summed E-state index contributed by atoms with van der Waals surface area (Å²) in [5.41, 5.74) is 2.02. The van der Waals surface area contributed by atoms with E-state index < -0.39 is 10.0 Å². The molecule has 2 aromatic heterocycles. The number of thiophene rings is 1. The summed E-state index contributed by atoms with van der Waals surface area (Å²) in [7, 11) is -2.29. The van der Waals surface area contributed by atoms with Gasteiger partial charge in [0.2, 0.25) is 0 Å². The first-order valence-electron chi connectivity index (χ1n) is 8.01. The van der Waals surface area contributed by atoms with Gasteiger partial charge < -0.3 is 4.74 Å². The molecule has 0 aliphatic heterocycles. The zero-order chi connectivity index (χ0) is 19.8. The number of anilines is 1. The van der Waals surface area contributed by atoms with Crippen molar-refractivity contribution in [3.8, 4) is 16.3 Å². The summed E-state index contributed by atoms with van der Waals surface area (Å²) in [6, 6.07) is 6.40. The maximum Gasteiger partial charge on any atom is 0.271 e. The molecule has 0 spiro atoms.